The van der Waals surface area contributed by atoms with Crippen molar-refractivity contribution in [2.24, 2.45) is 4.99 Å². The van der Waals surface area contributed by atoms with Crippen LogP contribution in [0.2, 0.25) is 0 Å². The highest BCUT2D eigenvalue weighted by Gasteiger charge is 2.01. The molecule has 0 radical (unpaired) electrons. The third-order valence-corrected chi connectivity index (χ3v) is 3.48. The molecule has 0 bridgehead atoms. The summed E-state index contributed by atoms with van der Waals surface area (Å²) in [6, 6.07) is 8.36. The molecule has 0 unspecified atom stereocenters. The molecule has 0 aliphatic heterocycles. The molecule has 1 aromatic rings. The Morgan fingerprint density at radius 1 is 1.23 bits per heavy atom. The summed E-state index contributed by atoms with van der Waals surface area (Å²) in [6.45, 7) is 9.28. The van der Waals surface area contributed by atoms with Crippen LogP contribution in [0.3, 0.4) is 0 Å². The summed E-state index contributed by atoms with van der Waals surface area (Å²) in [4.78, 5) is 6.89. The lowest BCUT2D eigenvalue weighted by atomic mass is 10.1. The standard InChI is InChI=1S/C17H30N4O/c1-5-18-17(19-10-11-21(3)12-13-22-4)20-14-16-9-7-6-8-15(16)2/h6-9H,5,10-14H2,1-4H3,(H2,18,19,20). The lowest BCUT2D eigenvalue weighted by Crippen LogP contribution is -2.41. The lowest BCUT2D eigenvalue weighted by Gasteiger charge is -2.17. The van der Waals surface area contributed by atoms with Crippen LogP contribution < -0.4 is 10.6 Å². The second-order valence-electron chi connectivity index (χ2n) is 5.34. The fourth-order valence-electron chi connectivity index (χ4n) is 2.02. The van der Waals surface area contributed by atoms with E-state index in [2.05, 4.69) is 65.7 Å². The van der Waals surface area contributed by atoms with Gasteiger partial charge >= 0.3 is 0 Å². The van der Waals surface area contributed by atoms with Crippen LogP contribution in [0.4, 0.5) is 0 Å². The minimum atomic E-state index is 0.696. The first-order valence-electron chi connectivity index (χ1n) is 7.91. The number of methoxy groups -OCH3 is 1. The van der Waals surface area contributed by atoms with Crippen molar-refractivity contribution in [1.29, 1.82) is 0 Å². The molecule has 1 aromatic carbocycles. The average Bonchev–Trinajstić information content (AvgIpc) is 2.52. The van der Waals surface area contributed by atoms with E-state index in [9.17, 15) is 0 Å². The van der Waals surface area contributed by atoms with E-state index in [1.807, 2.05) is 0 Å². The molecule has 0 heterocycles. The molecule has 0 saturated heterocycles. The molecular weight excluding hydrogens is 276 g/mol. The minimum Gasteiger partial charge on any atom is -0.383 e. The summed E-state index contributed by atoms with van der Waals surface area (Å²) in [7, 11) is 3.83. The van der Waals surface area contributed by atoms with E-state index in [0.717, 1.165) is 38.7 Å². The van der Waals surface area contributed by atoms with E-state index in [4.69, 9.17) is 4.74 Å². The maximum absolute atomic E-state index is 5.08. The predicted molar refractivity (Wildman–Crippen MR) is 93.4 cm³/mol. The number of likely N-dealkylation sites (N-methyl/N-ethyl adjacent to an activating group) is 1. The molecule has 0 saturated carbocycles. The largest absolute Gasteiger partial charge is 0.383 e. The van der Waals surface area contributed by atoms with Crippen molar-refractivity contribution in [3.63, 3.8) is 0 Å². The maximum Gasteiger partial charge on any atom is 0.191 e. The van der Waals surface area contributed by atoms with Crippen molar-refractivity contribution in [3.8, 4) is 0 Å². The van der Waals surface area contributed by atoms with Crippen LogP contribution in [0, 0.1) is 6.92 Å². The van der Waals surface area contributed by atoms with Crippen molar-refractivity contribution in [2.45, 2.75) is 20.4 Å². The fourth-order valence-corrected chi connectivity index (χ4v) is 2.02. The van der Waals surface area contributed by atoms with Gasteiger partial charge in [-0.3, -0.25) is 0 Å². The summed E-state index contributed by atoms with van der Waals surface area (Å²) in [6.07, 6.45) is 0. The summed E-state index contributed by atoms with van der Waals surface area (Å²) in [5.74, 6) is 0.867. The maximum atomic E-state index is 5.08. The van der Waals surface area contributed by atoms with Gasteiger partial charge in [0.05, 0.1) is 13.2 Å². The summed E-state index contributed by atoms with van der Waals surface area (Å²) in [5.41, 5.74) is 2.54. The zero-order valence-corrected chi connectivity index (χ0v) is 14.4. The van der Waals surface area contributed by atoms with Gasteiger partial charge in [0.2, 0.25) is 0 Å². The number of hydrogen-bond donors (Lipinski definition) is 2. The highest BCUT2D eigenvalue weighted by Crippen LogP contribution is 2.07. The summed E-state index contributed by atoms with van der Waals surface area (Å²) < 4.78 is 5.08. The molecule has 5 heteroatoms. The summed E-state index contributed by atoms with van der Waals surface area (Å²) >= 11 is 0. The summed E-state index contributed by atoms with van der Waals surface area (Å²) in [5, 5.41) is 6.66. The van der Waals surface area contributed by atoms with Crippen LogP contribution in [0.5, 0.6) is 0 Å². The molecule has 0 amide bonds. The Balaban J connectivity index is 2.44. The van der Waals surface area contributed by atoms with Crippen molar-refractivity contribution in [2.75, 3.05) is 46.9 Å². The Bertz CT molecular complexity index is 448. The Labute approximate surface area is 134 Å². The van der Waals surface area contributed by atoms with Crippen LogP contribution in [-0.4, -0.2) is 57.8 Å². The van der Waals surface area contributed by atoms with Crippen molar-refractivity contribution in [1.82, 2.24) is 15.5 Å². The van der Waals surface area contributed by atoms with Gasteiger partial charge in [-0.05, 0) is 32.0 Å². The van der Waals surface area contributed by atoms with Gasteiger partial charge in [0.1, 0.15) is 0 Å². The Morgan fingerprint density at radius 3 is 2.68 bits per heavy atom. The second kappa shape index (κ2) is 11.0. The van der Waals surface area contributed by atoms with E-state index >= 15 is 0 Å². The van der Waals surface area contributed by atoms with E-state index in [1.165, 1.54) is 11.1 Å². The van der Waals surface area contributed by atoms with Crippen LogP contribution in [0.15, 0.2) is 29.3 Å². The molecule has 124 valence electrons. The molecular formula is C17H30N4O. The number of rotatable bonds is 9. The average molecular weight is 306 g/mol. The topological polar surface area (TPSA) is 48.9 Å². The molecule has 0 spiro atoms. The van der Waals surface area contributed by atoms with E-state index in [-0.39, 0.29) is 0 Å². The third kappa shape index (κ3) is 7.43. The molecule has 0 aromatic heterocycles. The zero-order chi connectivity index (χ0) is 16.2. The molecule has 0 atom stereocenters. The first kappa shape index (κ1) is 18.5. The van der Waals surface area contributed by atoms with Gasteiger partial charge in [0.15, 0.2) is 5.96 Å². The number of aliphatic imine (C=N–C) groups is 1. The first-order valence-corrected chi connectivity index (χ1v) is 7.91. The Kier molecular flexibility index (Phi) is 9.26. The van der Waals surface area contributed by atoms with E-state index in [0.29, 0.717) is 6.54 Å². The molecule has 0 aliphatic rings. The van der Waals surface area contributed by atoms with Gasteiger partial charge in [0.25, 0.3) is 0 Å². The van der Waals surface area contributed by atoms with Crippen LogP contribution in [0.25, 0.3) is 0 Å². The normalized spacial score (nSPS) is 11.8. The number of nitrogens with one attached hydrogen (secondary N) is 2. The van der Waals surface area contributed by atoms with Gasteiger partial charge in [0, 0.05) is 33.3 Å². The van der Waals surface area contributed by atoms with Crippen molar-refractivity contribution in [3.05, 3.63) is 35.4 Å². The van der Waals surface area contributed by atoms with E-state index < -0.39 is 0 Å². The number of ether oxygens (including phenoxy) is 1. The number of guanidine groups is 1. The third-order valence-electron chi connectivity index (χ3n) is 3.48. The minimum absolute atomic E-state index is 0.696. The number of hydrogen-bond acceptors (Lipinski definition) is 3. The van der Waals surface area contributed by atoms with Crippen molar-refractivity contribution >= 4 is 5.96 Å². The smallest absolute Gasteiger partial charge is 0.191 e. The molecule has 1 rings (SSSR count). The molecule has 0 aliphatic carbocycles. The Morgan fingerprint density at radius 2 is 2.00 bits per heavy atom. The number of nitrogens with zero attached hydrogens (tertiary/aromatic N) is 2. The van der Waals surface area contributed by atoms with Gasteiger partial charge in [-0.25, -0.2) is 4.99 Å². The number of benzene rings is 1. The van der Waals surface area contributed by atoms with Crippen molar-refractivity contribution < 1.29 is 4.74 Å². The van der Waals surface area contributed by atoms with Crippen LogP contribution in [0.1, 0.15) is 18.1 Å². The van der Waals surface area contributed by atoms with Gasteiger partial charge in [-0.1, -0.05) is 24.3 Å². The lowest BCUT2D eigenvalue weighted by molar-refractivity contribution is 0.162. The SMILES string of the molecule is CCNC(=NCc1ccccc1C)NCCN(C)CCOC. The number of aryl methyl sites for hydroxylation is 1. The van der Waals surface area contributed by atoms with E-state index in [1.54, 1.807) is 7.11 Å². The Hall–Kier alpha value is -1.59. The van der Waals surface area contributed by atoms with Crippen LogP contribution in [-0.2, 0) is 11.3 Å². The second-order valence-corrected chi connectivity index (χ2v) is 5.34. The quantitative estimate of drug-likeness (QED) is 0.538. The molecule has 2 N–H and O–H groups in total. The molecule has 22 heavy (non-hydrogen) atoms. The predicted octanol–water partition coefficient (Wildman–Crippen LogP) is 1.63. The highest BCUT2D eigenvalue weighted by molar-refractivity contribution is 5.79. The molecule has 0 fully saturated rings. The van der Waals surface area contributed by atoms with Crippen LogP contribution >= 0.6 is 0 Å². The zero-order valence-electron chi connectivity index (χ0n) is 14.4. The first-order chi connectivity index (χ1) is 10.7. The highest BCUT2D eigenvalue weighted by atomic mass is 16.5. The monoisotopic (exact) mass is 306 g/mol. The molecule has 5 nitrogen and oxygen atoms in total. The van der Waals surface area contributed by atoms with Gasteiger partial charge < -0.3 is 20.3 Å². The van der Waals surface area contributed by atoms with Gasteiger partial charge in [-0.2, -0.15) is 0 Å². The van der Waals surface area contributed by atoms with Gasteiger partial charge in [-0.15, -0.1) is 0 Å². The fraction of sp³-hybridized carbons (Fsp3) is 0.588.